The van der Waals surface area contributed by atoms with Crippen molar-refractivity contribution in [2.75, 3.05) is 17.6 Å². The molecule has 0 heterocycles. The van der Waals surface area contributed by atoms with Crippen LogP contribution in [0.4, 0.5) is 0 Å². The van der Waals surface area contributed by atoms with Gasteiger partial charge in [-0.15, -0.1) is 0 Å². The largest absolute Gasteiger partial charge is 0.376 e. The molecule has 1 atom stereocenters. The fourth-order valence-electron chi connectivity index (χ4n) is 1.64. The predicted octanol–water partition coefficient (Wildman–Crippen LogP) is 3.91. The van der Waals surface area contributed by atoms with Gasteiger partial charge in [-0.25, -0.2) is 0 Å². The zero-order chi connectivity index (χ0) is 12.7. The SMILES string of the molecule is Cc1ccccc1C(CI)OCCOC(C)C. The molecule has 3 heteroatoms. The lowest BCUT2D eigenvalue weighted by molar-refractivity contribution is -0.00519. The number of hydrogen-bond donors (Lipinski definition) is 0. The molecule has 1 aromatic rings. The number of aryl methyl sites for hydroxylation is 1. The van der Waals surface area contributed by atoms with Crippen molar-refractivity contribution in [1.82, 2.24) is 0 Å². The van der Waals surface area contributed by atoms with Gasteiger partial charge in [-0.1, -0.05) is 46.9 Å². The number of rotatable bonds is 7. The van der Waals surface area contributed by atoms with Gasteiger partial charge in [0.2, 0.25) is 0 Å². The second kappa shape index (κ2) is 8.06. The van der Waals surface area contributed by atoms with E-state index in [1.807, 2.05) is 13.8 Å². The Morgan fingerprint density at radius 1 is 1.12 bits per heavy atom. The fourth-order valence-corrected chi connectivity index (χ4v) is 2.37. The third-order valence-electron chi connectivity index (χ3n) is 2.53. The van der Waals surface area contributed by atoms with Gasteiger partial charge in [-0.2, -0.15) is 0 Å². The Morgan fingerprint density at radius 2 is 1.76 bits per heavy atom. The first kappa shape index (κ1) is 14.9. The molecule has 1 unspecified atom stereocenters. The molecule has 0 aromatic heterocycles. The lowest BCUT2D eigenvalue weighted by Crippen LogP contribution is -2.14. The molecule has 0 saturated heterocycles. The highest BCUT2D eigenvalue weighted by atomic mass is 127. The molecule has 17 heavy (non-hydrogen) atoms. The normalized spacial score (nSPS) is 13.0. The Bertz CT molecular complexity index is 326. The molecule has 0 aliphatic carbocycles. The van der Waals surface area contributed by atoms with E-state index in [1.165, 1.54) is 11.1 Å². The second-order valence-corrected chi connectivity index (χ2v) is 5.17. The Kier molecular flexibility index (Phi) is 7.08. The zero-order valence-corrected chi connectivity index (χ0v) is 12.9. The lowest BCUT2D eigenvalue weighted by Gasteiger charge is -2.18. The van der Waals surface area contributed by atoms with Gasteiger partial charge < -0.3 is 9.47 Å². The topological polar surface area (TPSA) is 18.5 Å². The molecule has 0 saturated carbocycles. The van der Waals surface area contributed by atoms with Crippen molar-refractivity contribution in [3.63, 3.8) is 0 Å². The minimum Gasteiger partial charge on any atom is -0.376 e. The van der Waals surface area contributed by atoms with Crippen molar-refractivity contribution >= 4 is 22.6 Å². The average Bonchev–Trinajstić information content (AvgIpc) is 2.30. The quantitative estimate of drug-likeness (QED) is 0.423. The molecule has 2 nitrogen and oxygen atoms in total. The maximum atomic E-state index is 5.88. The number of hydrogen-bond acceptors (Lipinski definition) is 2. The van der Waals surface area contributed by atoms with E-state index >= 15 is 0 Å². The Hall–Kier alpha value is -0.130. The Morgan fingerprint density at radius 3 is 2.35 bits per heavy atom. The van der Waals surface area contributed by atoms with Crippen LogP contribution >= 0.6 is 22.6 Å². The summed E-state index contributed by atoms with van der Waals surface area (Å²) >= 11 is 2.37. The number of halogens is 1. The lowest BCUT2D eigenvalue weighted by atomic mass is 10.0. The Balaban J connectivity index is 2.46. The van der Waals surface area contributed by atoms with Crippen molar-refractivity contribution in [3.05, 3.63) is 35.4 Å². The van der Waals surface area contributed by atoms with E-state index in [9.17, 15) is 0 Å². The average molecular weight is 348 g/mol. The highest BCUT2D eigenvalue weighted by molar-refractivity contribution is 14.1. The fraction of sp³-hybridized carbons (Fsp3) is 0.571. The van der Waals surface area contributed by atoms with Crippen LogP contribution in [0.25, 0.3) is 0 Å². The maximum absolute atomic E-state index is 5.88. The third-order valence-corrected chi connectivity index (χ3v) is 3.33. The monoisotopic (exact) mass is 348 g/mol. The minimum atomic E-state index is 0.174. The van der Waals surface area contributed by atoms with Crippen molar-refractivity contribution in [1.29, 1.82) is 0 Å². The molecule has 0 bridgehead atoms. The van der Waals surface area contributed by atoms with Crippen LogP contribution in [0.2, 0.25) is 0 Å². The summed E-state index contributed by atoms with van der Waals surface area (Å²) in [6, 6.07) is 8.39. The van der Waals surface area contributed by atoms with Crippen molar-refractivity contribution in [2.45, 2.75) is 33.0 Å². The molecule has 1 aromatic carbocycles. The van der Waals surface area contributed by atoms with Gasteiger partial charge in [0, 0.05) is 4.43 Å². The van der Waals surface area contributed by atoms with E-state index in [4.69, 9.17) is 9.47 Å². The van der Waals surface area contributed by atoms with E-state index < -0.39 is 0 Å². The number of alkyl halides is 1. The summed E-state index contributed by atoms with van der Waals surface area (Å²) in [5.74, 6) is 0. The van der Waals surface area contributed by atoms with Crippen LogP contribution in [0.3, 0.4) is 0 Å². The van der Waals surface area contributed by atoms with Crippen LogP contribution in [0.15, 0.2) is 24.3 Å². The predicted molar refractivity (Wildman–Crippen MR) is 79.8 cm³/mol. The Labute approximate surface area is 118 Å². The van der Waals surface area contributed by atoms with Crippen LogP contribution < -0.4 is 0 Å². The molecular weight excluding hydrogens is 327 g/mol. The first-order valence-corrected chi connectivity index (χ1v) is 7.52. The van der Waals surface area contributed by atoms with Gasteiger partial charge in [0.05, 0.1) is 25.4 Å². The van der Waals surface area contributed by atoms with E-state index in [1.54, 1.807) is 0 Å². The summed E-state index contributed by atoms with van der Waals surface area (Å²) in [6.07, 6.45) is 0.447. The van der Waals surface area contributed by atoms with Gasteiger partial charge in [-0.3, -0.25) is 0 Å². The molecule has 1 rings (SSSR count). The van der Waals surface area contributed by atoms with E-state index in [-0.39, 0.29) is 12.2 Å². The van der Waals surface area contributed by atoms with Crippen LogP contribution in [0.1, 0.15) is 31.1 Å². The van der Waals surface area contributed by atoms with Crippen LogP contribution in [-0.4, -0.2) is 23.7 Å². The molecule has 0 amide bonds. The molecule has 0 N–H and O–H groups in total. The molecule has 96 valence electrons. The first-order chi connectivity index (χ1) is 8.15. The van der Waals surface area contributed by atoms with Crippen molar-refractivity contribution in [2.24, 2.45) is 0 Å². The molecule has 0 aliphatic heterocycles. The van der Waals surface area contributed by atoms with E-state index in [2.05, 4.69) is 53.8 Å². The van der Waals surface area contributed by atoms with Crippen LogP contribution in [0, 0.1) is 6.92 Å². The summed E-state index contributed by atoms with van der Waals surface area (Å²) in [5, 5.41) is 0. The zero-order valence-electron chi connectivity index (χ0n) is 10.8. The van der Waals surface area contributed by atoms with Crippen LogP contribution in [0.5, 0.6) is 0 Å². The third kappa shape index (κ3) is 5.36. The summed E-state index contributed by atoms with van der Waals surface area (Å²) < 4.78 is 12.3. The van der Waals surface area contributed by atoms with Gasteiger partial charge in [0.15, 0.2) is 0 Å². The maximum Gasteiger partial charge on any atom is 0.0917 e. The van der Waals surface area contributed by atoms with Gasteiger partial charge in [-0.05, 0) is 31.9 Å². The summed E-state index contributed by atoms with van der Waals surface area (Å²) in [5.41, 5.74) is 2.57. The number of benzene rings is 1. The highest BCUT2D eigenvalue weighted by Gasteiger charge is 2.12. The number of ether oxygens (including phenoxy) is 2. The summed E-state index contributed by atoms with van der Waals surface area (Å²) in [6.45, 7) is 7.52. The van der Waals surface area contributed by atoms with Gasteiger partial charge in [0.25, 0.3) is 0 Å². The van der Waals surface area contributed by atoms with Gasteiger partial charge in [0.1, 0.15) is 0 Å². The molecule has 0 radical (unpaired) electrons. The van der Waals surface area contributed by atoms with Crippen molar-refractivity contribution in [3.8, 4) is 0 Å². The minimum absolute atomic E-state index is 0.174. The molecule has 0 spiro atoms. The standard InChI is InChI=1S/C14H21IO2/c1-11(2)16-8-9-17-14(10-15)13-7-5-4-6-12(13)3/h4-7,11,14H,8-10H2,1-3H3. The van der Waals surface area contributed by atoms with Gasteiger partial charge >= 0.3 is 0 Å². The molecule has 0 fully saturated rings. The van der Waals surface area contributed by atoms with Crippen molar-refractivity contribution < 1.29 is 9.47 Å². The van der Waals surface area contributed by atoms with Crippen LogP contribution in [-0.2, 0) is 9.47 Å². The summed E-state index contributed by atoms with van der Waals surface area (Å²) in [7, 11) is 0. The smallest absolute Gasteiger partial charge is 0.0917 e. The molecule has 0 aliphatic rings. The molecular formula is C14H21IO2. The second-order valence-electron chi connectivity index (χ2n) is 4.29. The summed E-state index contributed by atoms with van der Waals surface area (Å²) in [4.78, 5) is 0. The van der Waals surface area contributed by atoms with E-state index in [0.717, 1.165) is 4.43 Å². The van der Waals surface area contributed by atoms with E-state index in [0.29, 0.717) is 13.2 Å². The highest BCUT2D eigenvalue weighted by Crippen LogP contribution is 2.23. The first-order valence-electron chi connectivity index (χ1n) is 5.99.